The summed E-state index contributed by atoms with van der Waals surface area (Å²) < 4.78 is 35.6. The van der Waals surface area contributed by atoms with Crippen molar-refractivity contribution in [1.82, 2.24) is 10.2 Å². The maximum absolute atomic E-state index is 14.7. The number of rotatable bonds is 13. The van der Waals surface area contributed by atoms with Gasteiger partial charge in [-0.3, -0.25) is 13.9 Å². The van der Waals surface area contributed by atoms with E-state index in [2.05, 4.69) is 21.2 Å². The van der Waals surface area contributed by atoms with Crippen molar-refractivity contribution in [2.45, 2.75) is 62.6 Å². The zero-order valence-corrected chi connectivity index (χ0v) is 31.2. The van der Waals surface area contributed by atoms with Crippen molar-refractivity contribution < 1.29 is 22.7 Å². The third-order valence-electron chi connectivity index (χ3n) is 8.62. The molecule has 12 heteroatoms. The van der Waals surface area contributed by atoms with Crippen LogP contribution >= 0.6 is 39.1 Å². The zero-order chi connectivity index (χ0) is 35.1. The molecule has 4 aromatic rings. The van der Waals surface area contributed by atoms with Gasteiger partial charge in [-0.2, -0.15) is 0 Å². The summed E-state index contributed by atoms with van der Waals surface area (Å²) in [5.74, 6) is -0.403. The van der Waals surface area contributed by atoms with E-state index in [1.807, 2.05) is 37.3 Å². The van der Waals surface area contributed by atoms with Crippen LogP contribution < -0.4 is 14.4 Å². The first-order chi connectivity index (χ1) is 23.5. The first-order valence-corrected chi connectivity index (χ1v) is 19.0. The van der Waals surface area contributed by atoms with Crippen molar-refractivity contribution in [3.63, 3.8) is 0 Å². The van der Waals surface area contributed by atoms with Crippen molar-refractivity contribution in [3.8, 4) is 5.75 Å². The smallest absolute Gasteiger partial charge is 0.264 e. The Morgan fingerprint density at radius 3 is 2.24 bits per heavy atom. The molecule has 1 saturated carbocycles. The summed E-state index contributed by atoms with van der Waals surface area (Å²) in [7, 11) is -2.80. The van der Waals surface area contributed by atoms with Crippen LogP contribution in [0, 0.1) is 6.92 Å². The number of ether oxygens (including phenoxy) is 1. The topological polar surface area (TPSA) is 96.0 Å². The molecule has 1 aliphatic carbocycles. The van der Waals surface area contributed by atoms with Crippen LogP contribution in [0.25, 0.3) is 0 Å². The number of nitrogens with one attached hydrogen (secondary N) is 1. The van der Waals surface area contributed by atoms with Crippen LogP contribution in [0.4, 0.5) is 5.69 Å². The number of aryl methyl sites for hydroxylation is 1. The van der Waals surface area contributed by atoms with E-state index in [0.717, 1.165) is 41.1 Å². The summed E-state index contributed by atoms with van der Waals surface area (Å²) in [6, 6.07) is 24.9. The van der Waals surface area contributed by atoms with E-state index < -0.39 is 28.5 Å². The predicted molar refractivity (Wildman–Crippen MR) is 198 cm³/mol. The van der Waals surface area contributed by atoms with Crippen LogP contribution in [0.15, 0.2) is 100 Å². The van der Waals surface area contributed by atoms with Crippen molar-refractivity contribution in [3.05, 3.63) is 122 Å². The highest BCUT2D eigenvalue weighted by Gasteiger charge is 2.36. The molecule has 49 heavy (non-hydrogen) atoms. The molecule has 0 heterocycles. The fraction of sp³-hybridized carbons (Fsp3) is 0.297. The van der Waals surface area contributed by atoms with Gasteiger partial charge in [0, 0.05) is 19.0 Å². The molecular formula is C37H38BrCl2N3O5S. The molecule has 0 aromatic heterocycles. The normalized spacial score (nSPS) is 13.9. The van der Waals surface area contributed by atoms with Crippen molar-refractivity contribution in [2.75, 3.05) is 18.0 Å². The van der Waals surface area contributed by atoms with Crippen LogP contribution in [-0.2, 0) is 32.6 Å². The van der Waals surface area contributed by atoms with E-state index in [0.29, 0.717) is 31.5 Å². The van der Waals surface area contributed by atoms with Gasteiger partial charge >= 0.3 is 0 Å². The molecule has 1 aliphatic rings. The van der Waals surface area contributed by atoms with Gasteiger partial charge in [0.15, 0.2) is 0 Å². The lowest BCUT2D eigenvalue weighted by Crippen LogP contribution is -2.54. The minimum absolute atomic E-state index is 0.00524. The van der Waals surface area contributed by atoms with Crippen LogP contribution in [0.2, 0.25) is 10.0 Å². The quantitative estimate of drug-likeness (QED) is 0.148. The Balaban J connectivity index is 1.58. The lowest BCUT2D eigenvalue weighted by Gasteiger charge is -2.34. The molecule has 0 radical (unpaired) electrons. The molecule has 258 valence electrons. The van der Waals surface area contributed by atoms with Gasteiger partial charge in [0.1, 0.15) is 18.3 Å². The van der Waals surface area contributed by atoms with Gasteiger partial charge < -0.3 is 15.0 Å². The number of benzene rings is 4. The number of hydrogen-bond donors (Lipinski definition) is 1. The largest absolute Gasteiger partial charge is 0.496 e. The van der Waals surface area contributed by atoms with Gasteiger partial charge in [-0.05, 0) is 89.3 Å². The first-order valence-electron chi connectivity index (χ1n) is 16.0. The molecule has 8 nitrogen and oxygen atoms in total. The molecule has 0 bridgehead atoms. The Bertz CT molecular complexity index is 1890. The Kier molecular flexibility index (Phi) is 12.3. The Morgan fingerprint density at radius 2 is 1.61 bits per heavy atom. The highest BCUT2D eigenvalue weighted by atomic mass is 79.9. The number of carbonyl (C=O) groups excluding carboxylic acids is 2. The summed E-state index contributed by atoms with van der Waals surface area (Å²) in [6.07, 6.45) is 3.98. The minimum atomic E-state index is -4.29. The van der Waals surface area contributed by atoms with Gasteiger partial charge in [0.2, 0.25) is 11.8 Å². The Hall–Kier alpha value is -3.57. The van der Waals surface area contributed by atoms with E-state index in [4.69, 9.17) is 27.9 Å². The summed E-state index contributed by atoms with van der Waals surface area (Å²) in [5.41, 5.74) is 2.72. The van der Waals surface area contributed by atoms with Crippen molar-refractivity contribution >= 4 is 66.7 Å². The second-order valence-electron chi connectivity index (χ2n) is 12.1. The van der Waals surface area contributed by atoms with Gasteiger partial charge in [0.05, 0.1) is 32.2 Å². The van der Waals surface area contributed by atoms with Gasteiger partial charge in [0.25, 0.3) is 10.0 Å². The van der Waals surface area contributed by atoms with Gasteiger partial charge in [-0.25, -0.2) is 8.42 Å². The summed E-state index contributed by atoms with van der Waals surface area (Å²) in [4.78, 5) is 30.3. The Labute approximate surface area is 306 Å². The van der Waals surface area contributed by atoms with E-state index in [1.165, 1.54) is 24.1 Å². The molecule has 2 amide bonds. The Morgan fingerprint density at radius 1 is 0.918 bits per heavy atom. The van der Waals surface area contributed by atoms with Crippen molar-refractivity contribution in [2.24, 2.45) is 0 Å². The van der Waals surface area contributed by atoms with Gasteiger partial charge in [-0.15, -0.1) is 0 Å². The van der Waals surface area contributed by atoms with E-state index >= 15 is 0 Å². The monoisotopic (exact) mass is 785 g/mol. The van der Waals surface area contributed by atoms with E-state index in [1.54, 1.807) is 48.5 Å². The highest BCUT2D eigenvalue weighted by molar-refractivity contribution is 9.10. The molecule has 1 atom stereocenters. The van der Waals surface area contributed by atoms with E-state index in [9.17, 15) is 18.0 Å². The highest BCUT2D eigenvalue weighted by Crippen LogP contribution is 2.32. The summed E-state index contributed by atoms with van der Waals surface area (Å²) >= 11 is 16.0. The number of methoxy groups -OCH3 is 1. The summed E-state index contributed by atoms with van der Waals surface area (Å²) in [6.45, 7) is 1.31. The summed E-state index contributed by atoms with van der Waals surface area (Å²) in [5, 5.41) is 3.83. The zero-order valence-electron chi connectivity index (χ0n) is 27.2. The van der Waals surface area contributed by atoms with Crippen molar-refractivity contribution in [1.29, 1.82) is 0 Å². The molecular weight excluding hydrogens is 749 g/mol. The lowest BCUT2D eigenvalue weighted by molar-refractivity contribution is -0.140. The van der Waals surface area contributed by atoms with E-state index in [-0.39, 0.29) is 29.8 Å². The number of nitrogens with zero attached hydrogens (tertiary/aromatic N) is 2. The van der Waals surface area contributed by atoms with Crippen LogP contribution in [-0.4, -0.2) is 50.9 Å². The molecule has 0 saturated heterocycles. The molecule has 0 aliphatic heterocycles. The minimum Gasteiger partial charge on any atom is -0.496 e. The molecule has 1 fully saturated rings. The molecule has 4 aromatic carbocycles. The predicted octanol–water partition coefficient (Wildman–Crippen LogP) is 7.97. The first kappa shape index (κ1) is 36.7. The second kappa shape index (κ2) is 16.4. The molecule has 1 N–H and O–H groups in total. The lowest BCUT2D eigenvalue weighted by atomic mass is 10.0. The second-order valence-corrected chi connectivity index (χ2v) is 15.6. The van der Waals surface area contributed by atoms with Crippen LogP contribution in [0.3, 0.4) is 0 Å². The fourth-order valence-electron chi connectivity index (χ4n) is 5.93. The van der Waals surface area contributed by atoms with Crippen LogP contribution in [0.5, 0.6) is 5.75 Å². The molecule has 1 unspecified atom stereocenters. The number of anilines is 1. The average Bonchev–Trinajstić information content (AvgIpc) is 3.60. The third kappa shape index (κ3) is 9.16. The molecule has 5 rings (SSSR count). The molecule has 0 spiro atoms. The fourth-order valence-corrected chi connectivity index (χ4v) is 8.38. The SMILES string of the molecule is COc1ccc(S(=O)(=O)N(CC(=O)N(Cc2ccc(Cl)c(Cl)c2)C(Cc2ccccc2)C(=O)NC2CCCC2)c2ccc(C)cc2)cc1Br. The maximum atomic E-state index is 14.7. The maximum Gasteiger partial charge on any atom is 0.264 e. The number of amides is 2. The number of halogens is 3. The number of carbonyl (C=O) groups is 2. The standard InChI is InChI=1S/C37H38BrCl2N3O5S/c1-25-12-15-29(16-13-25)43(49(46,47)30-17-19-35(48-2)31(38)22-30)24-36(44)42(23-27-14-18-32(39)33(40)20-27)34(21-26-8-4-3-5-9-26)37(45)41-28-10-6-7-11-28/h3-5,8-9,12-20,22,28,34H,6-7,10-11,21,23-24H2,1-2H3,(H,41,45). The number of hydrogen-bond acceptors (Lipinski definition) is 5. The average molecular weight is 788 g/mol. The third-order valence-corrected chi connectivity index (χ3v) is 11.8. The van der Waals surface area contributed by atoms with Gasteiger partial charge in [-0.1, -0.05) is 90.1 Å². The number of sulfonamides is 1. The van der Waals surface area contributed by atoms with Crippen LogP contribution in [0.1, 0.15) is 42.4 Å².